The van der Waals surface area contributed by atoms with Crippen LogP contribution in [0.1, 0.15) is 69.8 Å². The molecule has 0 atom stereocenters. The van der Waals surface area contributed by atoms with Gasteiger partial charge in [-0.25, -0.2) is 8.78 Å². The number of allylic oxidation sites excluding steroid dienone is 2. The van der Waals surface area contributed by atoms with Gasteiger partial charge in [0.2, 0.25) is 5.75 Å². The molecule has 1 aliphatic carbocycles. The second-order valence-electron chi connectivity index (χ2n) is 6.93. The van der Waals surface area contributed by atoms with Crippen LogP contribution in [0.4, 0.5) is 22.0 Å². The largest absolute Gasteiger partial charge is 0.573 e. The first kappa shape index (κ1) is 20.7. The number of rotatable bonds is 7. The van der Waals surface area contributed by atoms with Gasteiger partial charge < -0.3 is 4.74 Å². The molecule has 0 aliphatic heterocycles. The van der Waals surface area contributed by atoms with Crippen LogP contribution in [0, 0.1) is 17.6 Å². The van der Waals surface area contributed by atoms with Gasteiger partial charge >= 0.3 is 6.36 Å². The third-order valence-electron chi connectivity index (χ3n) is 5.03. The standard InChI is InChI=1S/C20H25F5O/c1-2-3-4-5-6-7-14-8-10-15(11-9-14)16-12-17(21)19(18(22)13-16)26-20(23,24)25/h2-3,12-15H,4-11H2,1H3/b3-2+/t14-,15-. The number of halogens is 5. The summed E-state index contributed by atoms with van der Waals surface area (Å²) in [6, 6.07) is 1.96. The van der Waals surface area contributed by atoms with E-state index in [4.69, 9.17) is 0 Å². The summed E-state index contributed by atoms with van der Waals surface area (Å²) in [5.41, 5.74) is 0.418. The fraction of sp³-hybridized carbons (Fsp3) is 0.600. The second-order valence-corrected chi connectivity index (χ2v) is 6.93. The van der Waals surface area contributed by atoms with E-state index >= 15 is 0 Å². The van der Waals surface area contributed by atoms with Crippen molar-refractivity contribution in [2.24, 2.45) is 5.92 Å². The van der Waals surface area contributed by atoms with Gasteiger partial charge in [0.15, 0.2) is 11.6 Å². The van der Waals surface area contributed by atoms with Crippen molar-refractivity contribution in [1.29, 1.82) is 0 Å². The van der Waals surface area contributed by atoms with Gasteiger partial charge in [0.1, 0.15) is 0 Å². The molecule has 146 valence electrons. The molecule has 0 unspecified atom stereocenters. The summed E-state index contributed by atoms with van der Waals surface area (Å²) >= 11 is 0. The monoisotopic (exact) mass is 376 g/mol. The third-order valence-corrected chi connectivity index (χ3v) is 5.03. The number of benzene rings is 1. The molecule has 0 aromatic heterocycles. The van der Waals surface area contributed by atoms with Gasteiger partial charge in [-0.1, -0.05) is 25.0 Å². The Balaban J connectivity index is 1.89. The second kappa shape index (κ2) is 9.38. The Morgan fingerprint density at radius 2 is 1.65 bits per heavy atom. The van der Waals surface area contributed by atoms with Gasteiger partial charge in [-0.2, -0.15) is 0 Å². The summed E-state index contributed by atoms with van der Waals surface area (Å²) in [5.74, 6) is -3.37. The lowest BCUT2D eigenvalue weighted by atomic mass is 9.77. The van der Waals surface area contributed by atoms with Crippen molar-refractivity contribution >= 4 is 0 Å². The van der Waals surface area contributed by atoms with Crippen molar-refractivity contribution in [3.8, 4) is 5.75 Å². The predicted molar refractivity (Wildman–Crippen MR) is 91.0 cm³/mol. The van der Waals surface area contributed by atoms with E-state index in [1.54, 1.807) is 0 Å². The number of alkyl halides is 3. The average Bonchev–Trinajstić information content (AvgIpc) is 2.57. The van der Waals surface area contributed by atoms with Crippen LogP contribution in [0.5, 0.6) is 5.75 Å². The highest BCUT2D eigenvalue weighted by atomic mass is 19.4. The van der Waals surface area contributed by atoms with Gasteiger partial charge in [0.25, 0.3) is 0 Å². The predicted octanol–water partition coefficient (Wildman–Crippen LogP) is 7.27. The summed E-state index contributed by atoms with van der Waals surface area (Å²) in [6.45, 7) is 2.01. The molecule has 0 N–H and O–H groups in total. The van der Waals surface area contributed by atoms with E-state index in [0.29, 0.717) is 11.5 Å². The molecule has 2 rings (SSSR count). The molecule has 0 amide bonds. The van der Waals surface area contributed by atoms with Crippen LogP contribution >= 0.6 is 0 Å². The zero-order chi connectivity index (χ0) is 19.2. The molecule has 1 nitrogen and oxygen atoms in total. The fourth-order valence-electron chi connectivity index (χ4n) is 3.67. The van der Waals surface area contributed by atoms with Gasteiger partial charge in [-0.05, 0) is 75.0 Å². The smallest absolute Gasteiger partial charge is 0.399 e. The molecule has 0 heterocycles. The lowest BCUT2D eigenvalue weighted by molar-refractivity contribution is -0.276. The van der Waals surface area contributed by atoms with Crippen LogP contribution in [0.15, 0.2) is 24.3 Å². The molecule has 0 radical (unpaired) electrons. The first-order chi connectivity index (χ1) is 12.3. The molecule has 0 spiro atoms. The van der Waals surface area contributed by atoms with Crippen molar-refractivity contribution in [1.82, 2.24) is 0 Å². The number of ether oxygens (including phenoxy) is 1. The minimum atomic E-state index is -5.12. The molecule has 1 aromatic carbocycles. The Kier molecular flexibility index (Phi) is 7.47. The van der Waals surface area contributed by atoms with Gasteiger partial charge in [-0.3, -0.25) is 0 Å². The van der Waals surface area contributed by atoms with Crippen molar-refractivity contribution in [3.05, 3.63) is 41.5 Å². The summed E-state index contributed by atoms with van der Waals surface area (Å²) < 4.78 is 67.8. The van der Waals surface area contributed by atoms with E-state index in [0.717, 1.165) is 50.7 Å². The maximum atomic E-state index is 13.9. The molecular weight excluding hydrogens is 351 g/mol. The molecule has 1 saturated carbocycles. The Labute approximate surface area is 151 Å². The number of unbranched alkanes of at least 4 members (excludes halogenated alkanes) is 2. The molecule has 1 fully saturated rings. The minimum absolute atomic E-state index is 0.0155. The van der Waals surface area contributed by atoms with Crippen LogP contribution in [0.25, 0.3) is 0 Å². The first-order valence-electron chi connectivity index (χ1n) is 9.16. The molecule has 1 aliphatic rings. The topological polar surface area (TPSA) is 9.23 Å². The summed E-state index contributed by atoms with van der Waals surface area (Å²) in [5, 5.41) is 0. The maximum Gasteiger partial charge on any atom is 0.573 e. The number of hydrogen-bond donors (Lipinski definition) is 0. The van der Waals surface area contributed by atoms with Crippen LogP contribution in [-0.2, 0) is 0 Å². The van der Waals surface area contributed by atoms with Gasteiger partial charge in [0, 0.05) is 0 Å². The molecule has 1 aromatic rings. The van der Waals surface area contributed by atoms with Gasteiger partial charge in [-0.15, -0.1) is 13.2 Å². The third kappa shape index (κ3) is 6.29. The normalized spacial score (nSPS) is 21.3. The van der Waals surface area contributed by atoms with E-state index in [1.807, 2.05) is 6.92 Å². The van der Waals surface area contributed by atoms with E-state index < -0.39 is 23.7 Å². The summed E-state index contributed by atoms with van der Waals surface area (Å²) in [7, 11) is 0. The highest BCUT2D eigenvalue weighted by Crippen LogP contribution is 2.40. The summed E-state index contributed by atoms with van der Waals surface area (Å²) in [4.78, 5) is 0. The molecule has 26 heavy (non-hydrogen) atoms. The highest BCUT2D eigenvalue weighted by molar-refractivity contribution is 5.33. The Morgan fingerprint density at radius 3 is 2.19 bits per heavy atom. The molecule has 0 bridgehead atoms. The van der Waals surface area contributed by atoms with Crippen LogP contribution in [0.2, 0.25) is 0 Å². The zero-order valence-corrected chi connectivity index (χ0v) is 14.9. The lowest BCUT2D eigenvalue weighted by Crippen LogP contribution is -2.19. The molecular formula is C20H25F5O. The highest BCUT2D eigenvalue weighted by Gasteiger charge is 2.34. The maximum absolute atomic E-state index is 13.9. The Hall–Kier alpha value is -1.59. The summed E-state index contributed by atoms with van der Waals surface area (Å²) in [6.07, 6.45) is 7.26. The van der Waals surface area contributed by atoms with Crippen LogP contribution in [0.3, 0.4) is 0 Å². The minimum Gasteiger partial charge on any atom is -0.399 e. The van der Waals surface area contributed by atoms with Crippen molar-refractivity contribution in [2.75, 3.05) is 0 Å². The van der Waals surface area contributed by atoms with Crippen molar-refractivity contribution < 1.29 is 26.7 Å². The fourth-order valence-corrected chi connectivity index (χ4v) is 3.67. The molecule has 0 saturated heterocycles. The number of hydrogen-bond acceptors (Lipinski definition) is 1. The lowest BCUT2D eigenvalue weighted by Gasteiger charge is -2.29. The van der Waals surface area contributed by atoms with Gasteiger partial charge in [0.05, 0.1) is 0 Å². The van der Waals surface area contributed by atoms with Crippen LogP contribution in [-0.4, -0.2) is 6.36 Å². The van der Waals surface area contributed by atoms with E-state index in [1.165, 1.54) is 12.8 Å². The Bertz CT molecular complexity index is 578. The first-order valence-corrected chi connectivity index (χ1v) is 9.16. The van der Waals surface area contributed by atoms with Crippen LogP contribution < -0.4 is 4.74 Å². The van der Waals surface area contributed by atoms with E-state index in [2.05, 4.69) is 16.9 Å². The quantitative estimate of drug-likeness (QED) is 0.276. The van der Waals surface area contributed by atoms with E-state index in [9.17, 15) is 22.0 Å². The molecule has 6 heteroatoms. The van der Waals surface area contributed by atoms with Crippen molar-refractivity contribution in [3.63, 3.8) is 0 Å². The van der Waals surface area contributed by atoms with E-state index in [-0.39, 0.29) is 5.92 Å². The Morgan fingerprint density at radius 1 is 1.04 bits per heavy atom. The zero-order valence-electron chi connectivity index (χ0n) is 14.9. The van der Waals surface area contributed by atoms with Crippen molar-refractivity contribution in [2.45, 2.75) is 70.6 Å². The average molecular weight is 376 g/mol. The SMILES string of the molecule is C/C=C/CCCC[C@H]1CC[C@H](c2cc(F)c(OC(F)(F)F)c(F)c2)CC1.